The number of nitrogens with zero attached hydrogens (tertiary/aromatic N) is 1. The Balaban J connectivity index is 1.43. The van der Waals surface area contributed by atoms with E-state index in [1.165, 1.54) is 25.2 Å². The van der Waals surface area contributed by atoms with Gasteiger partial charge in [-0.2, -0.15) is 0 Å². The number of allylic oxidation sites excluding steroid dienone is 7. The van der Waals surface area contributed by atoms with Crippen molar-refractivity contribution in [3.8, 4) is 17.2 Å². The largest absolute Gasteiger partial charge is 0.502 e. The van der Waals surface area contributed by atoms with Crippen molar-refractivity contribution in [2.45, 2.75) is 12.8 Å². The molecule has 1 heterocycles. The van der Waals surface area contributed by atoms with E-state index in [4.69, 9.17) is 21.1 Å². The molecule has 6 rings (SSSR count). The van der Waals surface area contributed by atoms with Crippen molar-refractivity contribution in [3.63, 3.8) is 0 Å². The SMILES string of the molecule is COc1cc(C=C[C@H]2C3=CC[C@@H]4C(=O)N(c5ccc(Cl)cc5)C(=O)[C@@H]4[C@@H]3CC3=C2C(=O)C=C(Br)C3=O)cc(OC)c1O. The smallest absolute Gasteiger partial charge is 0.238 e. The topological polar surface area (TPSA) is 110 Å². The molecule has 2 aromatic carbocycles. The number of benzene rings is 2. The normalized spacial score (nSPS) is 25.3. The average Bonchev–Trinajstić information content (AvgIpc) is 3.24. The van der Waals surface area contributed by atoms with E-state index in [0.29, 0.717) is 33.8 Å². The van der Waals surface area contributed by atoms with E-state index in [-0.39, 0.29) is 51.5 Å². The number of aromatic hydroxyl groups is 1. The predicted molar refractivity (Wildman–Crippen MR) is 160 cm³/mol. The minimum atomic E-state index is -0.681. The molecule has 1 fully saturated rings. The Labute approximate surface area is 255 Å². The summed E-state index contributed by atoms with van der Waals surface area (Å²) in [5.41, 5.74) is 2.62. The van der Waals surface area contributed by atoms with Crippen LogP contribution >= 0.6 is 27.5 Å². The molecule has 0 aromatic heterocycles. The third kappa shape index (κ3) is 4.42. The van der Waals surface area contributed by atoms with Crippen LogP contribution in [0.1, 0.15) is 18.4 Å². The first kappa shape index (κ1) is 28.2. The maximum absolute atomic E-state index is 13.9. The van der Waals surface area contributed by atoms with Crippen molar-refractivity contribution in [1.29, 1.82) is 0 Å². The summed E-state index contributed by atoms with van der Waals surface area (Å²) in [6, 6.07) is 9.80. The highest BCUT2D eigenvalue weighted by Gasteiger charge is 2.56. The summed E-state index contributed by atoms with van der Waals surface area (Å²) in [6.07, 6.45) is 7.32. The predicted octanol–water partition coefficient (Wildman–Crippen LogP) is 5.58. The molecular formula is C32H25BrClNO7. The summed E-state index contributed by atoms with van der Waals surface area (Å²) in [4.78, 5) is 55.4. The van der Waals surface area contributed by atoms with Gasteiger partial charge in [-0.3, -0.25) is 24.1 Å². The Bertz CT molecular complexity index is 1660. The van der Waals surface area contributed by atoms with Gasteiger partial charge in [-0.1, -0.05) is 35.4 Å². The molecule has 0 saturated carbocycles. The standard InChI is InChI=1S/C32H25BrClNO7/c1-41-25-11-15(12-26(42-2)30(25)38)3-8-19-18-9-10-20-28(21(18)13-22-27(19)24(36)14-23(33)29(22)37)32(40)35(31(20)39)17-6-4-16(34)5-7-17/h3-9,11-12,14,19-21,28,38H,10,13H2,1-2H3/t19-,20-,21+,28-/m0/s1. The number of hydrogen-bond acceptors (Lipinski definition) is 7. The van der Waals surface area contributed by atoms with Gasteiger partial charge in [0.05, 0.1) is 36.2 Å². The zero-order chi connectivity index (χ0) is 29.9. The quantitative estimate of drug-likeness (QED) is 0.256. The fraction of sp³-hybridized carbons (Fsp3) is 0.250. The molecule has 0 radical (unpaired) electrons. The number of phenolic OH excluding ortho intramolecular Hbond substituents is 1. The van der Waals surface area contributed by atoms with Gasteiger partial charge in [-0.25, -0.2) is 0 Å². The lowest BCUT2D eigenvalue weighted by atomic mass is 9.61. The van der Waals surface area contributed by atoms with Gasteiger partial charge in [0.15, 0.2) is 23.1 Å². The maximum Gasteiger partial charge on any atom is 0.238 e. The number of phenols is 1. The Hall–Kier alpha value is -3.95. The second kappa shape index (κ2) is 10.7. The molecule has 4 atom stereocenters. The number of imide groups is 1. The van der Waals surface area contributed by atoms with Crippen molar-refractivity contribution >= 4 is 62.7 Å². The molecule has 1 N–H and O–H groups in total. The summed E-state index contributed by atoms with van der Waals surface area (Å²) >= 11 is 9.27. The lowest BCUT2D eigenvalue weighted by Crippen LogP contribution is -2.40. The highest BCUT2D eigenvalue weighted by atomic mass is 79.9. The minimum absolute atomic E-state index is 0.140. The van der Waals surface area contributed by atoms with Crippen LogP contribution in [0.4, 0.5) is 5.69 Å². The van der Waals surface area contributed by atoms with E-state index in [2.05, 4.69) is 15.9 Å². The van der Waals surface area contributed by atoms with Gasteiger partial charge < -0.3 is 14.6 Å². The Morgan fingerprint density at radius 3 is 2.31 bits per heavy atom. The van der Waals surface area contributed by atoms with E-state index < -0.39 is 23.7 Å². The van der Waals surface area contributed by atoms with E-state index in [1.54, 1.807) is 42.5 Å². The van der Waals surface area contributed by atoms with Gasteiger partial charge in [-0.05, 0) is 76.7 Å². The lowest BCUT2D eigenvalue weighted by molar-refractivity contribution is -0.123. The number of carbonyl (C=O) groups excluding carboxylic acids is 4. The molecule has 1 saturated heterocycles. The number of carbonyl (C=O) groups is 4. The summed E-state index contributed by atoms with van der Waals surface area (Å²) < 4.78 is 10.7. The van der Waals surface area contributed by atoms with Gasteiger partial charge in [0.25, 0.3) is 0 Å². The molecule has 0 bridgehead atoms. The Morgan fingerprint density at radius 2 is 1.67 bits per heavy atom. The molecule has 10 heteroatoms. The minimum Gasteiger partial charge on any atom is -0.502 e. The molecule has 214 valence electrons. The third-order valence-electron chi connectivity index (χ3n) is 8.45. The molecule has 0 unspecified atom stereocenters. The van der Waals surface area contributed by atoms with Crippen molar-refractivity contribution in [1.82, 2.24) is 0 Å². The van der Waals surface area contributed by atoms with Crippen LogP contribution in [0.5, 0.6) is 17.2 Å². The summed E-state index contributed by atoms with van der Waals surface area (Å²) in [5, 5.41) is 10.8. The fourth-order valence-electron chi connectivity index (χ4n) is 6.55. The van der Waals surface area contributed by atoms with Crippen molar-refractivity contribution in [2.75, 3.05) is 19.1 Å². The van der Waals surface area contributed by atoms with E-state index in [0.717, 1.165) is 5.57 Å². The number of ether oxygens (including phenoxy) is 2. The molecule has 2 aromatic rings. The van der Waals surface area contributed by atoms with Crippen molar-refractivity contribution < 1.29 is 33.8 Å². The highest BCUT2D eigenvalue weighted by molar-refractivity contribution is 9.12. The van der Waals surface area contributed by atoms with Crippen LogP contribution in [-0.2, 0) is 19.2 Å². The number of rotatable bonds is 5. The first-order chi connectivity index (χ1) is 20.1. The fourth-order valence-corrected chi connectivity index (χ4v) is 7.12. The Morgan fingerprint density at radius 1 is 1.00 bits per heavy atom. The van der Waals surface area contributed by atoms with Gasteiger partial charge in [0, 0.05) is 28.2 Å². The molecule has 8 nitrogen and oxygen atoms in total. The van der Waals surface area contributed by atoms with Gasteiger partial charge in [-0.15, -0.1) is 0 Å². The number of ketones is 2. The van der Waals surface area contributed by atoms with Crippen LogP contribution in [0.3, 0.4) is 0 Å². The van der Waals surface area contributed by atoms with E-state index in [9.17, 15) is 24.3 Å². The number of Topliss-reactive ketones (excluding diaryl/α,β-unsaturated/α-hetero) is 1. The maximum atomic E-state index is 13.9. The molecule has 4 aliphatic rings. The average molecular weight is 651 g/mol. The summed E-state index contributed by atoms with van der Waals surface area (Å²) in [7, 11) is 2.86. The lowest BCUT2D eigenvalue weighted by Gasteiger charge is -2.41. The van der Waals surface area contributed by atoms with Gasteiger partial charge >= 0.3 is 0 Å². The number of amides is 2. The van der Waals surface area contributed by atoms with Crippen LogP contribution in [0.15, 0.2) is 75.8 Å². The molecule has 0 spiro atoms. The van der Waals surface area contributed by atoms with E-state index in [1.807, 2.05) is 12.2 Å². The van der Waals surface area contributed by atoms with Crippen LogP contribution in [-0.4, -0.2) is 42.7 Å². The number of methoxy groups -OCH3 is 2. The van der Waals surface area contributed by atoms with E-state index >= 15 is 0 Å². The van der Waals surface area contributed by atoms with Gasteiger partial charge in [0.1, 0.15) is 0 Å². The molecule has 3 aliphatic carbocycles. The molecule has 2 amide bonds. The number of halogens is 2. The first-order valence-electron chi connectivity index (χ1n) is 13.3. The molecule has 42 heavy (non-hydrogen) atoms. The second-order valence-electron chi connectivity index (χ2n) is 10.6. The summed E-state index contributed by atoms with van der Waals surface area (Å²) in [6.45, 7) is 0. The highest BCUT2D eigenvalue weighted by Crippen LogP contribution is 2.53. The first-order valence-corrected chi connectivity index (χ1v) is 14.5. The van der Waals surface area contributed by atoms with Gasteiger partial charge in [0.2, 0.25) is 17.6 Å². The second-order valence-corrected chi connectivity index (χ2v) is 11.9. The molecular weight excluding hydrogens is 626 g/mol. The van der Waals surface area contributed by atoms with Crippen LogP contribution in [0, 0.1) is 23.7 Å². The number of fused-ring (bicyclic) bond motifs is 3. The summed E-state index contributed by atoms with van der Waals surface area (Å²) in [5.74, 6) is -3.24. The van der Waals surface area contributed by atoms with Crippen LogP contribution < -0.4 is 14.4 Å². The number of anilines is 1. The van der Waals surface area contributed by atoms with Crippen LogP contribution in [0.2, 0.25) is 5.02 Å². The number of hydrogen-bond donors (Lipinski definition) is 1. The zero-order valence-corrected chi connectivity index (χ0v) is 24.9. The zero-order valence-electron chi connectivity index (χ0n) is 22.6. The third-order valence-corrected chi connectivity index (χ3v) is 9.29. The monoisotopic (exact) mass is 649 g/mol. The molecule has 1 aliphatic heterocycles. The Kier molecular flexibility index (Phi) is 7.19. The van der Waals surface area contributed by atoms with Crippen molar-refractivity contribution in [3.05, 3.63) is 86.4 Å². The van der Waals surface area contributed by atoms with Crippen molar-refractivity contribution in [2.24, 2.45) is 23.7 Å². The van der Waals surface area contributed by atoms with Crippen LogP contribution in [0.25, 0.3) is 6.08 Å².